The minimum absolute atomic E-state index is 0.290. The fraction of sp³-hybridized carbons (Fsp3) is 0.400. The summed E-state index contributed by atoms with van der Waals surface area (Å²) >= 11 is 0. The van der Waals surface area contributed by atoms with E-state index >= 15 is 0 Å². The van der Waals surface area contributed by atoms with E-state index < -0.39 is 7.60 Å². The van der Waals surface area contributed by atoms with Crippen molar-refractivity contribution < 1.29 is 13.6 Å². The Morgan fingerprint density at radius 1 is 0.880 bits per heavy atom. The van der Waals surface area contributed by atoms with Gasteiger partial charge >= 0.3 is 7.60 Å². The molecular formula is C20H26O3P2. The van der Waals surface area contributed by atoms with Gasteiger partial charge in [-0.3, -0.25) is 4.57 Å². The molecule has 0 N–H and O–H groups in total. The first kappa shape index (κ1) is 18.8. The highest BCUT2D eigenvalue weighted by atomic mass is 31.2. The third-order valence-corrected chi connectivity index (χ3v) is 9.31. The molecule has 0 atom stereocenters. The lowest BCUT2D eigenvalue weighted by atomic mass is 9.97. The van der Waals surface area contributed by atoms with Crippen LogP contribution in [0.25, 0.3) is 11.1 Å². The molecule has 2 aromatic carbocycles. The van der Waals surface area contributed by atoms with Gasteiger partial charge in [-0.15, -0.1) is 0 Å². The molecule has 1 aliphatic heterocycles. The Kier molecular flexibility index (Phi) is 6.47. The molecule has 134 valence electrons. The van der Waals surface area contributed by atoms with Crippen molar-refractivity contribution in [1.82, 2.24) is 0 Å². The maximum atomic E-state index is 12.8. The van der Waals surface area contributed by atoms with Gasteiger partial charge < -0.3 is 9.05 Å². The van der Waals surface area contributed by atoms with Crippen molar-refractivity contribution in [2.75, 3.05) is 25.5 Å². The second-order valence-electron chi connectivity index (χ2n) is 6.20. The third-order valence-electron chi connectivity index (χ3n) is 4.45. The van der Waals surface area contributed by atoms with E-state index in [1.807, 2.05) is 13.8 Å². The van der Waals surface area contributed by atoms with Crippen LogP contribution in [0.5, 0.6) is 0 Å². The van der Waals surface area contributed by atoms with E-state index in [1.165, 1.54) is 22.3 Å². The van der Waals surface area contributed by atoms with Crippen molar-refractivity contribution in [2.45, 2.75) is 26.2 Å². The van der Waals surface area contributed by atoms with E-state index in [4.69, 9.17) is 9.05 Å². The number of fused-ring (bicyclic) bond motifs is 3. The average Bonchev–Trinajstić information content (AvgIpc) is 2.77. The number of benzene rings is 2. The van der Waals surface area contributed by atoms with Crippen molar-refractivity contribution in [1.29, 1.82) is 0 Å². The highest BCUT2D eigenvalue weighted by molar-refractivity contribution is 7.59. The lowest BCUT2D eigenvalue weighted by Gasteiger charge is -2.21. The van der Waals surface area contributed by atoms with Crippen molar-refractivity contribution in [3.05, 3.63) is 59.7 Å². The van der Waals surface area contributed by atoms with Crippen LogP contribution in [0.1, 0.15) is 25.0 Å². The molecule has 1 heterocycles. The zero-order valence-corrected chi connectivity index (χ0v) is 16.8. The number of hydrogen-bond donors (Lipinski definition) is 0. The largest absolute Gasteiger partial charge is 0.331 e. The van der Waals surface area contributed by atoms with E-state index in [1.54, 1.807) is 0 Å². The summed E-state index contributed by atoms with van der Waals surface area (Å²) in [4.78, 5) is 0. The average molecular weight is 376 g/mol. The standard InChI is InChI=1S/C20H26O3P2/c1-3-22-25(21,23-4-2)14-13-24-15-17-9-5-7-11-19(17)20-12-8-6-10-18(20)16-24/h5-12H,3-4,13-16H2,1-2H3. The first-order valence-corrected chi connectivity index (χ1v) is 12.5. The highest BCUT2D eigenvalue weighted by Gasteiger charge is 2.27. The van der Waals surface area contributed by atoms with Gasteiger partial charge in [-0.2, -0.15) is 0 Å². The summed E-state index contributed by atoms with van der Waals surface area (Å²) in [6.45, 7) is 4.60. The monoisotopic (exact) mass is 376 g/mol. The molecule has 0 spiro atoms. The Morgan fingerprint density at radius 2 is 1.36 bits per heavy atom. The molecule has 1 aliphatic rings. The van der Waals surface area contributed by atoms with E-state index in [0.717, 1.165) is 18.5 Å². The smallest absolute Gasteiger partial charge is 0.309 e. The normalized spacial score (nSPS) is 14.6. The molecule has 0 bridgehead atoms. The van der Waals surface area contributed by atoms with E-state index in [0.29, 0.717) is 19.4 Å². The first-order valence-electron chi connectivity index (χ1n) is 8.92. The summed E-state index contributed by atoms with van der Waals surface area (Å²) in [5, 5.41) is 0. The van der Waals surface area contributed by atoms with Gasteiger partial charge in [0.1, 0.15) is 0 Å². The molecule has 0 saturated heterocycles. The molecule has 0 unspecified atom stereocenters. The molecule has 2 aromatic rings. The van der Waals surface area contributed by atoms with Gasteiger partial charge in [0, 0.05) is 0 Å². The Morgan fingerprint density at radius 3 is 1.84 bits per heavy atom. The fourth-order valence-electron chi connectivity index (χ4n) is 3.36. The molecule has 0 aromatic heterocycles. The molecule has 25 heavy (non-hydrogen) atoms. The second kappa shape index (κ2) is 8.60. The van der Waals surface area contributed by atoms with Crippen LogP contribution < -0.4 is 0 Å². The van der Waals surface area contributed by atoms with Crippen LogP contribution >= 0.6 is 15.5 Å². The first-order chi connectivity index (χ1) is 12.1. The summed E-state index contributed by atoms with van der Waals surface area (Å²) in [7, 11) is -3.24. The van der Waals surface area contributed by atoms with Crippen molar-refractivity contribution in [3.63, 3.8) is 0 Å². The van der Waals surface area contributed by atoms with Crippen LogP contribution in [-0.4, -0.2) is 25.5 Å². The molecule has 5 heteroatoms. The molecular weight excluding hydrogens is 350 g/mol. The van der Waals surface area contributed by atoms with Crippen LogP contribution in [0.15, 0.2) is 48.5 Å². The second-order valence-corrected chi connectivity index (χ2v) is 10.8. The molecule has 0 aliphatic carbocycles. The predicted octanol–water partition coefficient (Wildman–Crippen LogP) is 6.12. The van der Waals surface area contributed by atoms with Gasteiger partial charge in [0.25, 0.3) is 0 Å². The van der Waals surface area contributed by atoms with E-state index in [2.05, 4.69) is 48.5 Å². The summed E-state index contributed by atoms with van der Waals surface area (Å²) in [6.07, 6.45) is 3.57. The lowest BCUT2D eigenvalue weighted by molar-refractivity contribution is 0.221. The molecule has 0 amide bonds. The lowest BCUT2D eigenvalue weighted by Crippen LogP contribution is -2.04. The van der Waals surface area contributed by atoms with Crippen LogP contribution in [0.4, 0.5) is 0 Å². The van der Waals surface area contributed by atoms with Crippen molar-refractivity contribution in [3.8, 4) is 11.1 Å². The van der Waals surface area contributed by atoms with Crippen molar-refractivity contribution >= 4 is 15.5 Å². The SMILES string of the molecule is CCOP(=O)(CCP1Cc2ccccc2-c2ccccc2C1)OCC. The molecule has 3 rings (SSSR count). The Bertz CT molecular complexity index is 703. The third kappa shape index (κ3) is 4.60. The van der Waals surface area contributed by atoms with Crippen LogP contribution in [0.3, 0.4) is 0 Å². The summed E-state index contributed by atoms with van der Waals surface area (Å²) in [5.74, 6) is 0. The van der Waals surface area contributed by atoms with Crippen LogP contribution in [0.2, 0.25) is 0 Å². The minimum atomic E-state index is -2.95. The van der Waals surface area contributed by atoms with Gasteiger partial charge in [0.05, 0.1) is 19.4 Å². The fourth-order valence-corrected chi connectivity index (χ4v) is 8.54. The Balaban J connectivity index is 1.82. The van der Waals surface area contributed by atoms with Crippen LogP contribution in [-0.2, 0) is 25.9 Å². The number of rotatable bonds is 7. The summed E-state index contributed by atoms with van der Waals surface area (Å²) < 4.78 is 23.7. The molecule has 3 nitrogen and oxygen atoms in total. The van der Waals surface area contributed by atoms with Crippen molar-refractivity contribution in [2.24, 2.45) is 0 Å². The maximum Gasteiger partial charge on any atom is 0.331 e. The maximum absolute atomic E-state index is 12.8. The topological polar surface area (TPSA) is 35.5 Å². The Labute approximate surface area is 152 Å². The minimum Gasteiger partial charge on any atom is -0.309 e. The molecule has 0 saturated carbocycles. The van der Waals surface area contributed by atoms with Gasteiger partial charge in [0.15, 0.2) is 0 Å². The Hall–Kier alpha value is -0.980. The predicted molar refractivity (Wildman–Crippen MR) is 107 cm³/mol. The van der Waals surface area contributed by atoms with Crippen LogP contribution in [0, 0.1) is 0 Å². The highest BCUT2D eigenvalue weighted by Crippen LogP contribution is 2.55. The number of hydrogen-bond acceptors (Lipinski definition) is 3. The van der Waals surface area contributed by atoms with Gasteiger partial charge in [-0.1, -0.05) is 56.5 Å². The summed E-state index contributed by atoms with van der Waals surface area (Å²) in [5.41, 5.74) is 5.50. The van der Waals surface area contributed by atoms with Gasteiger partial charge in [0.2, 0.25) is 0 Å². The summed E-state index contributed by atoms with van der Waals surface area (Å²) in [6, 6.07) is 17.4. The molecule has 0 radical (unpaired) electrons. The molecule has 0 fully saturated rings. The quantitative estimate of drug-likeness (QED) is 0.547. The van der Waals surface area contributed by atoms with Gasteiger partial charge in [-0.05, 0) is 54.6 Å². The zero-order valence-electron chi connectivity index (χ0n) is 15.0. The van der Waals surface area contributed by atoms with E-state index in [-0.39, 0.29) is 7.92 Å². The van der Waals surface area contributed by atoms with Gasteiger partial charge in [-0.25, -0.2) is 0 Å². The van der Waals surface area contributed by atoms with E-state index in [9.17, 15) is 4.57 Å². The zero-order chi connectivity index (χ0) is 17.7.